The summed E-state index contributed by atoms with van der Waals surface area (Å²) < 4.78 is 0. The average molecular weight is 251 g/mol. The van der Waals surface area contributed by atoms with Crippen molar-refractivity contribution in [2.24, 2.45) is 0 Å². The number of hydrogen-bond donors (Lipinski definition) is 1. The van der Waals surface area contributed by atoms with Crippen LogP contribution in [0.15, 0.2) is 29.8 Å². The summed E-state index contributed by atoms with van der Waals surface area (Å²) in [7, 11) is 3.00. The molecular formula is C12H11ClN2O2. The van der Waals surface area contributed by atoms with Crippen LogP contribution in [0.4, 0.5) is 0 Å². The summed E-state index contributed by atoms with van der Waals surface area (Å²) in [6.45, 7) is 0. The van der Waals surface area contributed by atoms with E-state index < -0.39 is 11.7 Å². The number of nitriles is 1. The van der Waals surface area contributed by atoms with E-state index in [4.69, 9.17) is 16.9 Å². The van der Waals surface area contributed by atoms with Gasteiger partial charge in [-0.1, -0.05) is 23.7 Å². The number of amides is 1. The first-order valence-corrected chi connectivity index (χ1v) is 5.16. The first kappa shape index (κ1) is 13.1. The molecule has 1 rings (SSSR count). The Morgan fingerprint density at radius 1 is 1.41 bits per heavy atom. The summed E-state index contributed by atoms with van der Waals surface area (Å²) in [6.07, 6.45) is 0. The summed E-state index contributed by atoms with van der Waals surface area (Å²) >= 11 is 5.88. The molecule has 17 heavy (non-hydrogen) atoms. The lowest BCUT2D eigenvalue weighted by molar-refractivity contribution is -0.124. The molecule has 0 aliphatic heterocycles. The minimum Gasteiger partial charge on any atom is -0.506 e. The van der Waals surface area contributed by atoms with Gasteiger partial charge in [0, 0.05) is 19.7 Å². The zero-order chi connectivity index (χ0) is 13.0. The van der Waals surface area contributed by atoms with Crippen LogP contribution in [0, 0.1) is 11.3 Å². The molecule has 1 N–H and O–H groups in total. The third kappa shape index (κ3) is 2.77. The lowest BCUT2D eigenvalue weighted by atomic mass is 10.1. The number of carbonyl (C=O) groups excluding carboxylic acids is 1. The van der Waals surface area contributed by atoms with Crippen LogP contribution in [0.1, 0.15) is 5.56 Å². The minimum atomic E-state index is -0.565. The maximum atomic E-state index is 11.6. The Bertz CT molecular complexity index is 515. The highest BCUT2D eigenvalue weighted by Gasteiger charge is 2.19. The Hall–Kier alpha value is -1.99. The summed E-state index contributed by atoms with van der Waals surface area (Å²) in [5.74, 6) is -0.971. The van der Waals surface area contributed by atoms with Gasteiger partial charge in [0.15, 0.2) is 5.57 Å². The molecule has 0 atom stereocenters. The number of hydrogen-bond acceptors (Lipinski definition) is 3. The van der Waals surface area contributed by atoms with Gasteiger partial charge in [0.25, 0.3) is 5.91 Å². The van der Waals surface area contributed by atoms with Crippen LogP contribution in [-0.2, 0) is 4.79 Å². The summed E-state index contributed by atoms with van der Waals surface area (Å²) in [6, 6.07) is 8.15. The molecule has 0 aliphatic rings. The van der Waals surface area contributed by atoms with Crippen LogP contribution in [-0.4, -0.2) is 30.0 Å². The number of aliphatic hydroxyl groups is 1. The van der Waals surface area contributed by atoms with E-state index in [1.54, 1.807) is 24.3 Å². The Balaban J connectivity index is 3.34. The van der Waals surface area contributed by atoms with E-state index in [1.165, 1.54) is 25.1 Å². The molecule has 0 saturated carbocycles. The average Bonchev–Trinajstić information content (AvgIpc) is 2.30. The summed E-state index contributed by atoms with van der Waals surface area (Å²) in [5, 5.41) is 19.1. The van der Waals surface area contributed by atoms with Crippen LogP contribution in [0.25, 0.3) is 5.76 Å². The second-order valence-corrected chi connectivity index (χ2v) is 3.92. The molecule has 0 aliphatic carbocycles. The Labute approximate surface area is 104 Å². The number of rotatable bonds is 2. The number of carbonyl (C=O) groups is 1. The predicted octanol–water partition coefficient (Wildman–Crippen LogP) is 2.22. The van der Waals surface area contributed by atoms with Crippen LogP contribution >= 0.6 is 11.6 Å². The highest BCUT2D eigenvalue weighted by Crippen LogP contribution is 2.24. The molecule has 88 valence electrons. The first-order valence-electron chi connectivity index (χ1n) is 4.79. The molecule has 0 bridgehead atoms. The van der Waals surface area contributed by atoms with E-state index >= 15 is 0 Å². The van der Waals surface area contributed by atoms with E-state index in [0.717, 1.165) is 0 Å². The Kier molecular flexibility index (Phi) is 4.13. The highest BCUT2D eigenvalue weighted by atomic mass is 35.5. The van der Waals surface area contributed by atoms with Gasteiger partial charge in [-0.2, -0.15) is 5.26 Å². The second-order valence-electron chi connectivity index (χ2n) is 3.51. The number of benzene rings is 1. The number of aliphatic hydroxyl groups excluding tert-OH is 1. The summed E-state index contributed by atoms with van der Waals surface area (Å²) in [5.41, 5.74) is -0.0657. The smallest absolute Gasteiger partial charge is 0.267 e. The van der Waals surface area contributed by atoms with Crippen molar-refractivity contribution in [3.63, 3.8) is 0 Å². The van der Waals surface area contributed by atoms with Crippen molar-refractivity contribution in [3.8, 4) is 6.07 Å². The van der Waals surface area contributed by atoms with Gasteiger partial charge in [0.1, 0.15) is 11.8 Å². The van der Waals surface area contributed by atoms with Crippen molar-refractivity contribution in [3.05, 3.63) is 40.4 Å². The molecular weight excluding hydrogens is 240 g/mol. The van der Waals surface area contributed by atoms with Gasteiger partial charge in [0.05, 0.1) is 5.02 Å². The fourth-order valence-corrected chi connectivity index (χ4v) is 1.44. The zero-order valence-electron chi connectivity index (χ0n) is 9.44. The standard InChI is InChI=1S/C12H11ClN2O2/c1-15(2)12(17)9(7-14)11(16)8-5-3-4-6-10(8)13/h3-6,16H,1-2H3. The van der Waals surface area contributed by atoms with Gasteiger partial charge in [-0.25, -0.2) is 0 Å². The normalized spacial score (nSPS) is 11.4. The second kappa shape index (κ2) is 5.37. The molecule has 0 heterocycles. The fraction of sp³-hybridized carbons (Fsp3) is 0.167. The van der Waals surface area contributed by atoms with Crippen LogP contribution < -0.4 is 0 Å². The third-order valence-electron chi connectivity index (χ3n) is 2.10. The van der Waals surface area contributed by atoms with Gasteiger partial charge in [-0.05, 0) is 12.1 Å². The van der Waals surface area contributed by atoms with Crippen molar-refractivity contribution >= 4 is 23.3 Å². The van der Waals surface area contributed by atoms with Gasteiger partial charge in [-0.15, -0.1) is 0 Å². The molecule has 1 aromatic carbocycles. The molecule has 1 aromatic rings. The van der Waals surface area contributed by atoms with Gasteiger partial charge < -0.3 is 10.0 Å². The fourth-order valence-electron chi connectivity index (χ4n) is 1.21. The van der Waals surface area contributed by atoms with Gasteiger partial charge >= 0.3 is 0 Å². The summed E-state index contributed by atoms with van der Waals surface area (Å²) in [4.78, 5) is 12.9. The number of nitrogens with zero attached hydrogens (tertiary/aromatic N) is 2. The van der Waals surface area contributed by atoms with E-state index in [9.17, 15) is 9.90 Å². The molecule has 5 heteroatoms. The highest BCUT2D eigenvalue weighted by molar-refractivity contribution is 6.32. The number of likely N-dealkylation sites (N-methyl/N-ethyl adjacent to an activating group) is 1. The molecule has 1 amide bonds. The maximum Gasteiger partial charge on any atom is 0.267 e. The molecule has 0 aromatic heterocycles. The zero-order valence-corrected chi connectivity index (χ0v) is 10.2. The molecule has 0 unspecified atom stereocenters. The Morgan fingerprint density at radius 2 is 2.00 bits per heavy atom. The molecule has 0 spiro atoms. The largest absolute Gasteiger partial charge is 0.506 e. The molecule has 0 fully saturated rings. The van der Waals surface area contributed by atoms with Crippen molar-refractivity contribution in [2.75, 3.05) is 14.1 Å². The van der Waals surface area contributed by atoms with Crippen LogP contribution in [0.2, 0.25) is 5.02 Å². The third-order valence-corrected chi connectivity index (χ3v) is 2.43. The van der Waals surface area contributed by atoms with Crippen molar-refractivity contribution in [1.29, 1.82) is 5.26 Å². The maximum absolute atomic E-state index is 11.6. The van der Waals surface area contributed by atoms with Crippen molar-refractivity contribution in [2.45, 2.75) is 0 Å². The van der Waals surface area contributed by atoms with E-state index in [1.807, 2.05) is 0 Å². The molecule has 0 radical (unpaired) electrons. The minimum absolute atomic E-state index is 0.265. The Morgan fingerprint density at radius 3 is 2.47 bits per heavy atom. The van der Waals surface area contributed by atoms with E-state index in [-0.39, 0.29) is 16.2 Å². The van der Waals surface area contributed by atoms with Gasteiger partial charge in [0.2, 0.25) is 0 Å². The topological polar surface area (TPSA) is 64.3 Å². The molecule has 0 saturated heterocycles. The lowest BCUT2D eigenvalue weighted by Crippen LogP contribution is -2.23. The SMILES string of the molecule is CN(C)C(=O)C(C#N)=C(O)c1ccccc1Cl. The first-order chi connectivity index (χ1) is 7.99. The monoisotopic (exact) mass is 250 g/mol. The van der Waals surface area contributed by atoms with Crippen molar-refractivity contribution in [1.82, 2.24) is 4.90 Å². The predicted molar refractivity (Wildman–Crippen MR) is 65.3 cm³/mol. The number of halogens is 1. The van der Waals surface area contributed by atoms with Gasteiger partial charge in [-0.3, -0.25) is 4.79 Å². The van der Waals surface area contributed by atoms with Crippen LogP contribution in [0.3, 0.4) is 0 Å². The van der Waals surface area contributed by atoms with Crippen LogP contribution in [0.5, 0.6) is 0 Å². The molecule has 4 nitrogen and oxygen atoms in total. The van der Waals surface area contributed by atoms with Crippen molar-refractivity contribution < 1.29 is 9.90 Å². The van der Waals surface area contributed by atoms with E-state index in [0.29, 0.717) is 0 Å². The van der Waals surface area contributed by atoms with E-state index in [2.05, 4.69) is 0 Å². The quantitative estimate of drug-likeness (QED) is 0.497. The lowest BCUT2D eigenvalue weighted by Gasteiger charge is -2.11.